The van der Waals surface area contributed by atoms with Gasteiger partial charge in [0, 0.05) is 6.54 Å². The number of rotatable bonds is 4. The third kappa shape index (κ3) is 2.74. The summed E-state index contributed by atoms with van der Waals surface area (Å²) in [5.41, 5.74) is 2.08. The zero-order chi connectivity index (χ0) is 14.7. The number of fused-ring (bicyclic) bond motifs is 1. The summed E-state index contributed by atoms with van der Waals surface area (Å²) in [4.78, 5) is 13.0. The second-order valence-corrected chi connectivity index (χ2v) is 4.75. The Bertz CT molecular complexity index is 646. The molecule has 0 unspecified atom stereocenters. The van der Waals surface area contributed by atoms with Gasteiger partial charge in [0.2, 0.25) is 5.95 Å². The van der Waals surface area contributed by atoms with E-state index in [4.69, 9.17) is 9.47 Å². The molecule has 0 aliphatic carbocycles. The van der Waals surface area contributed by atoms with Crippen molar-refractivity contribution >= 4 is 5.95 Å². The van der Waals surface area contributed by atoms with Crippen LogP contribution in [0.1, 0.15) is 18.9 Å². The maximum absolute atomic E-state index is 5.82. The minimum atomic E-state index is 0.296. The number of nitrogens with one attached hydrogen (secondary N) is 1. The van der Waals surface area contributed by atoms with Gasteiger partial charge in [-0.2, -0.15) is 15.0 Å². The fraction of sp³-hybridized carbons (Fsp3) is 0.400. The summed E-state index contributed by atoms with van der Waals surface area (Å²) in [6, 6.07) is 6.35. The van der Waals surface area contributed by atoms with E-state index in [1.165, 1.54) is 5.56 Å². The molecule has 0 spiro atoms. The number of ether oxygens (including phenoxy) is 2. The van der Waals surface area contributed by atoms with E-state index in [-0.39, 0.29) is 0 Å². The third-order valence-electron chi connectivity index (χ3n) is 3.31. The van der Waals surface area contributed by atoms with Crippen LogP contribution in [0.4, 0.5) is 5.95 Å². The molecule has 0 saturated heterocycles. The second kappa shape index (κ2) is 5.95. The number of hydrogen-bond acceptors (Lipinski definition) is 6. The average Bonchev–Trinajstić information content (AvgIpc) is 2.54. The maximum atomic E-state index is 5.82. The normalized spacial score (nSPS) is 13.2. The van der Waals surface area contributed by atoms with Crippen molar-refractivity contribution in [3.8, 4) is 23.1 Å². The lowest BCUT2D eigenvalue weighted by atomic mass is 10.0. The van der Waals surface area contributed by atoms with Crippen LogP contribution in [0, 0.1) is 0 Å². The Balaban J connectivity index is 2.09. The molecule has 0 fully saturated rings. The molecule has 0 amide bonds. The fourth-order valence-corrected chi connectivity index (χ4v) is 2.37. The molecule has 1 aliphatic rings. The molecule has 1 N–H and O–H groups in total. The molecule has 2 heterocycles. The molecule has 2 aromatic rings. The molecular weight excluding hydrogens is 268 g/mol. The predicted octanol–water partition coefficient (Wildman–Crippen LogP) is 2.30. The van der Waals surface area contributed by atoms with Crippen LogP contribution in [0.5, 0.6) is 11.8 Å². The highest BCUT2D eigenvalue weighted by Crippen LogP contribution is 2.35. The minimum Gasteiger partial charge on any atom is -0.493 e. The van der Waals surface area contributed by atoms with Crippen molar-refractivity contribution in [3.63, 3.8) is 0 Å². The summed E-state index contributed by atoms with van der Waals surface area (Å²) in [5, 5.41) is 3.09. The average molecular weight is 286 g/mol. The van der Waals surface area contributed by atoms with E-state index in [9.17, 15) is 0 Å². The molecule has 1 aromatic carbocycles. The molecule has 110 valence electrons. The van der Waals surface area contributed by atoms with E-state index in [0.29, 0.717) is 17.8 Å². The van der Waals surface area contributed by atoms with Gasteiger partial charge in [0.1, 0.15) is 5.75 Å². The van der Waals surface area contributed by atoms with Crippen LogP contribution < -0.4 is 14.8 Å². The first kappa shape index (κ1) is 13.6. The van der Waals surface area contributed by atoms with Gasteiger partial charge in [0.05, 0.1) is 19.3 Å². The van der Waals surface area contributed by atoms with Crippen LogP contribution in [-0.2, 0) is 6.42 Å². The predicted molar refractivity (Wildman–Crippen MR) is 79.8 cm³/mol. The lowest BCUT2D eigenvalue weighted by Gasteiger charge is -2.19. The van der Waals surface area contributed by atoms with E-state index in [1.54, 1.807) is 7.11 Å². The highest BCUT2D eigenvalue weighted by atomic mass is 16.5. The molecule has 0 atom stereocenters. The first-order valence-electron chi connectivity index (χ1n) is 7.11. The number of hydrogen-bond donors (Lipinski definition) is 1. The van der Waals surface area contributed by atoms with Crippen molar-refractivity contribution in [2.75, 3.05) is 25.6 Å². The van der Waals surface area contributed by atoms with Gasteiger partial charge in [-0.05, 0) is 31.4 Å². The number of anilines is 1. The lowest BCUT2D eigenvalue weighted by Crippen LogP contribution is -2.11. The van der Waals surface area contributed by atoms with Crippen LogP contribution >= 0.6 is 0 Å². The lowest BCUT2D eigenvalue weighted by molar-refractivity contribution is 0.289. The molecule has 3 rings (SSSR count). The Morgan fingerprint density at radius 1 is 1.29 bits per heavy atom. The van der Waals surface area contributed by atoms with Gasteiger partial charge in [-0.15, -0.1) is 0 Å². The number of aromatic nitrogens is 3. The van der Waals surface area contributed by atoms with Crippen molar-refractivity contribution in [2.45, 2.75) is 19.8 Å². The van der Waals surface area contributed by atoms with Gasteiger partial charge in [0.25, 0.3) is 0 Å². The molecule has 0 saturated carbocycles. The topological polar surface area (TPSA) is 69.2 Å². The van der Waals surface area contributed by atoms with Gasteiger partial charge in [-0.3, -0.25) is 0 Å². The van der Waals surface area contributed by atoms with Crippen molar-refractivity contribution in [3.05, 3.63) is 23.8 Å². The zero-order valence-corrected chi connectivity index (χ0v) is 12.2. The monoisotopic (exact) mass is 286 g/mol. The Labute approximate surface area is 123 Å². The highest BCUT2D eigenvalue weighted by molar-refractivity contribution is 5.67. The zero-order valence-electron chi connectivity index (χ0n) is 12.2. The van der Waals surface area contributed by atoms with Crippen LogP contribution in [0.3, 0.4) is 0 Å². The Morgan fingerprint density at radius 3 is 3.00 bits per heavy atom. The van der Waals surface area contributed by atoms with Gasteiger partial charge >= 0.3 is 6.01 Å². The van der Waals surface area contributed by atoms with E-state index in [1.807, 2.05) is 19.1 Å². The first-order chi connectivity index (χ1) is 10.3. The smallest absolute Gasteiger partial charge is 0.321 e. The minimum absolute atomic E-state index is 0.296. The third-order valence-corrected chi connectivity index (χ3v) is 3.31. The highest BCUT2D eigenvalue weighted by Gasteiger charge is 2.18. The van der Waals surface area contributed by atoms with E-state index in [2.05, 4.69) is 26.3 Å². The number of methoxy groups -OCH3 is 1. The molecule has 21 heavy (non-hydrogen) atoms. The van der Waals surface area contributed by atoms with Crippen LogP contribution in [0.2, 0.25) is 0 Å². The Morgan fingerprint density at radius 2 is 2.19 bits per heavy atom. The van der Waals surface area contributed by atoms with Gasteiger partial charge < -0.3 is 14.8 Å². The Kier molecular flexibility index (Phi) is 3.85. The summed E-state index contributed by atoms with van der Waals surface area (Å²) in [6.07, 6.45) is 2.06. The maximum Gasteiger partial charge on any atom is 0.321 e. The van der Waals surface area contributed by atoms with Crippen LogP contribution in [0.15, 0.2) is 18.2 Å². The standard InChI is InChI=1S/C15H18N4O2/c1-3-16-14-17-13(18-15(19-14)20-2)11-8-4-6-10-7-5-9-21-12(10)11/h4,6,8H,3,5,7,9H2,1-2H3,(H,16,17,18,19). The number of para-hydroxylation sites is 1. The van der Waals surface area contributed by atoms with Crippen molar-refractivity contribution in [1.29, 1.82) is 0 Å². The van der Waals surface area contributed by atoms with Crippen molar-refractivity contribution in [2.24, 2.45) is 0 Å². The SMILES string of the molecule is CCNc1nc(OC)nc(-c2cccc3c2OCCC3)n1. The molecular formula is C15H18N4O2. The largest absolute Gasteiger partial charge is 0.493 e. The van der Waals surface area contributed by atoms with Crippen molar-refractivity contribution in [1.82, 2.24) is 15.0 Å². The van der Waals surface area contributed by atoms with Gasteiger partial charge in [-0.25, -0.2) is 0 Å². The molecule has 0 radical (unpaired) electrons. The molecule has 0 bridgehead atoms. The first-order valence-corrected chi connectivity index (χ1v) is 7.11. The summed E-state index contributed by atoms with van der Waals surface area (Å²) >= 11 is 0. The number of aryl methyl sites for hydroxylation is 1. The summed E-state index contributed by atoms with van der Waals surface area (Å²) < 4.78 is 11.0. The van der Waals surface area contributed by atoms with E-state index < -0.39 is 0 Å². The summed E-state index contributed by atoms with van der Waals surface area (Å²) in [5.74, 6) is 1.95. The van der Waals surface area contributed by atoms with Crippen LogP contribution in [0.25, 0.3) is 11.4 Å². The summed E-state index contributed by atoms with van der Waals surface area (Å²) in [6.45, 7) is 3.45. The molecule has 1 aromatic heterocycles. The summed E-state index contributed by atoms with van der Waals surface area (Å²) in [7, 11) is 1.55. The van der Waals surface area contributed by atoms with E-state index in [0.717, 1.165) is 37.3 Å². The number of benzene rings is 1. The van der Waals surface area contributed by atoms with Gasteiger partial charge in [-0.1, -0.05) is 12.1 Å². The molecule has 6 heteroatoms. The second-order valence-electron chi connectivity index (χ2n) is 4.75. The van der Waals surface area contributed by atoms with Gasteiger partial charge in [0.15, 0.2) is 5.82 Å². The number of nitrogens with zero attached hydrogens (tertiary/aromatic N) is 3. The quantitative estimate of drug-likeness (QED) is 0.930. The fourth-order valence-electron chi connectivity index (χ4n) is 2.37. The molecule has 1 aliphatic heterocycles. The van der Waals surface area contributed by atoms with Crippen molar-refractivity contribution < 1.29 is 9.47 Å². The Hall–Kier alpha value is -2.37. The molecule has 6 nitrogen and oxygen atoms in total. The van der Waals surface area contributed by atoms with E-state index >= 15 is 0 Å². The van der Waals surface area contributed by atoms with Crippen LogP contribution in [-0.4, -0.2) is 35.2 Å².